The largest absolute Gasteiger partial charge is 0.480 e. The number of carboxylic acid groups (broad SMARTS) is 1. The molecule has 2 saturated carbocycles. The van der Waals surface area contributed by atoms with Gasteiger partial charge in [0.05, 0.1) is 11.0 Å². The lowest BCUT2D eigenvalue weighted by Crippen LogP contribution is -2.58. The number of hydrogen-bond acceptors (Lipinski definition) is 5. The fraction of sp³-hybridized carbons (Fsp3) is 0.562. The topological polar surface area (TPSA) is 97.4 Å². The predicted octanol–water partition coefficient (Wildman–Crippen LogP) is 4.84. The summed E-state index contributed by atoms with van der Waals surface area (Å²) >= 11 is 0. The van der Waals surface area contributed by atoms with Gasteiger partial charge in [-0.15, -0.1) is 0 Å². The molecule has 2 aliphatic carbocycles. The van der Waals surface area contributed by atoms with Crippen molar-refractivity contribution in [2.24, 2.45) is 11.8 Å². The Morgan fingerprint density at radius 1 is 0.825 bits per heavy atom. The van der Waals surface area contributed by atoms with Crippen molar-refractivity contribution < 1.29 is 9.90 Å². The van der Waals surface area contributed by atoms with Gasteiger partial charge < -0.3 is 14.2 Å². The molecule has 3 aromatic rings. The van der Waals surface area contributed by atoms with Gasteiger partial charge in [-0.05, 0) is 75.0 Å². The van der Waals surface area contributed by atoms with Gasteiger partial charge in [-0.25, -0.2) is 4.98 Å². The third-order valence-corrected chi connectivity index (χ3v) is 10.3. The Morgan fingerprint density at radius 2 is 1.52 bits per heavy atom. The molecule has 4 bridgehead atoms. The van der Waals surface area contributed by atoms with Crippen LogP contribution in [0.3, 0.4) is 0 Å². The molecule has 1 N–H and O–H groups in total. The monoisotopic (exact) mass is 542 g/mol. The molecule has 7 rings (SSSR count). The van der Waals surface area contributed by atoms with E-state index in [9.17, 15) is 19.5 Å². The average molecular weight is 543 g/mol. The predicted molar refractivity (Wildman–Crippen MR) is 153 cm³/mol. The van der Waals surface area contributed by atoms with Crippen molar-refractivity contribution in [3.63, 3.8) is 0 Å². The van der Waals surface area contributed by atoms with Gasteiger partial charge in [0, 0.05) is 42.0 Å². The van der Waals surface area contributed by atoms with Crippen LogP contribution in [0.15, 0.2) is 52.2 Å². The molecule has 2 aliphatic heterocycles. The molecule has 2 unspecified atom stereocenters. The first-order chi connectivity index (χ1) is 19.4. The normalized spacial score (nSPS) is 30.3. The standard InChI is InChI=1S/C32H38N4O4/c37-29-12-11-22(18-34(29)19-30(38)39)31-32(40)36(28-10-2-1-9-27(28)33-31)26-16-23-7-4-8-24(17-26)35(23)25-14-20-5-3-6-21(13-20)15-25/h1-2,9-12,18,20-21,23-26H,3-8,13-17,19H2,(H,38,39)/t20-,21+,23-,24+,25?,26?. The van der Waals surface area contributed by atoms with Crippen LogP contribution in [0.25, 0.3) is 22.3 Å². The molecule has 0 amide bonds. The Balaban J connectivity index is 1.26. The maximum absolute atomic E-state index is 14.2. The van der Waals surface area contributed by atoms with Gasteiger partial charge in [0.15, 0.2) is 0 Å². The number of benzene rings is 1. The van der Waals surface area contributed by atoms with Crippen LogP contribution in [0.5, 0.6) is 0 Å². The maximum atomic E-state index is 14.2. The van der Waals surface area contributed by atoms with Crippen molar-refractivity contribution in [1.82, 2.24) is 19.0 Å². The SMILES string of the molecule is O=C(O)Cn1cc(-c2nc3ccccc3n(C3C[C@H]4CCC[C@@H](C3)N4C3C[C@H]4CCC[C@@H](C3)C4)c2=O)ccc1=O. The van der Waals surface area contributed by atoms with Gasteiger partial charge in [0.1, 0.15) is 12.2 Å². The van der Waals surface area contributed by atoms with E-state index in [2.05, 4.69) is 4.90 Å². The fourth-order valence-electron chi connectivity index (χ4n) is 8.78. The first-order valence-corrected chi connectivity index (χ1v) is 15.2. The van der Waals surface area contributed by atoms with Crippen LogP contribution in [0.2, 0.25) is 0 Å². The second-order valence-corrected chi connectivity index (χ2v) is 12.7. The van der Waals surface area contributed by atoms with E-state index in [1.807, 2.05) is 28.8 Å². The Labute approximate surface area is 233 Å². The highest BCUT2D eigenvalue weighted by molar-refractivity contribution is 5.78. The number of rotatable bonds is 5. The zero-order valence-electron chi connectivity index (χ0n) is 23.0. The fourth-order valence-corrected chi connectivity index (χ4v) is 8.78. The molecule has 0 spiro atoms. The number of aliphatic carboxylic acids is 1. The van der Waals surface area contributed by atoms with Crippen LogP contribution < -0.4 is 11.1 Å². The molecule has 0 radical (unpaired) electrons. The number of aromatic nitrogens is 3. The number of carboxylic acids is 1. The Kier molecular flexibility index (Phi) is 6.61. The van der Waals surface area contributed by atoms with E-state index in [4.69, 9.17) is 4.98 Å². The molecule has 2 saturated heterocycles. The summed E-state index contributed by atoms with van der Waals surface area (Å²) in [6.45, 7) is -0.459. The molecule has 2 aromatic heterocycles. The highest BCUT2D eigenvalue weighted by Crippen LogP contribution is 2.47. The van der Waals surface area contributed by atoms with E-state index in [0.29, 0.717) is 23.7 Å². The minimum absolute atomic E-state index is 0.0821. The average Bonchev–Trinajstić information content (AvgIpc) is 2.93. The van der Waals surface area contributed by atoms with E-state index in [0.717, 1.165) is 40.3 Å². The van der Waals surface area contributed by atoms with E-state index in [1.54, 1.807) is 6.07 Å². The quantitative estimate of drug-likeness (QED) is 0.496. The second-order valence-electron chi connectivity index (χ2n) is 12.7. The number of carbonyl (C=O) groups is 1. The molecule has 4 fully saturated rings. The van der Waals surface area contributed by atoms with Crippen molar-refractivity contribution in [3.8, 4) is 11.3 Å². The van der Waals surface area contributed by atoms with Gasteiger partial charge in [-0.3, -0.25) is 19.3 Å². The lowest BCUT2D eigenvalue weighted by Gasteiger charge is -2.55. The molecule has 8 heteroatoms. The third-order valence-electron chi connectivity index (χ3n) is 10.3. The van der Waals surface area contributed by atoms with E-state index >= 15 is 0 Å². The Hall–Kier alpha value is -3.26. The molecule has 210 valence electrons. The molecular formula is C32H38N4O4. The van der Waals surface area contributed by atoms with Crippen molar-refractivity contribution in [3.05, 3.63) is 63.3 Å². The van der Waals surface area contributed by atoms with Crippen molar-refractivity contribution in [1.29, 1.82) is 0 Å². The van der Waals surface area contributed by atoms with Crippen LogP contribution >= 0.6 is 0 Å². The Morgan fingerprint density at radius 3 is 2.25 bits per heavy atom. The highest BCUT2D eigenvalue weighted by Gasteiger charge is 2.45. The highest BCUT2D eigenvalue weighted by atomic mass is 16.4. The summed E-state index contributed by atoms with van der Waals surface area (Å²) in [4.78, 5) is 45.5. The number of nitrogens with zero attached hydrogens (tertiary/aromatic N) is 4. The molecule has 4 aliphatic rings. The summed E-state index contributed by atoms with van der Waals surface area (Å²) in [7, 11) is 0. The van der Waals surface area contributed by atoms with Crippen molar-refractivity contribution >= 4 is 17.0 Å². The van der Waals surface area contributed by atoms with E-state index < -0.39 is 18.1 Å². The number of fused-ring (bicyclic) bond motifs is 5. The summed E-state index contributed by atoms with van der Waals surface area (Å²) in [5.41, 5.74) is 1.74. The van der Waals surface area contributed by atoms with E-state index in [1.165, 1.54) is 70.1 Å². The second kappa shape index (κ2) is 10.3. The van der Waals surface area contributed by atoms with E-state index in [-0.39, 0.29) is 17.3 Å². The lowest BCUT2D eigenvalue weighted by atomic mass is 9.68. The van der Waals surface area contributed by atoms with Gasteiger partial charge in [0.25, 0.3) is 11.1 Å². The number of piperidine rings is 2. The molecule has 6 atom stereocenters. The lowest BCUT2D eigenvalue weighted by molar-refractivity contribution is -0.137. The zero-order chi connectivity index (χ0) is 27.4. The van der Waals surface area contributed by atoms with Crippen LogP contribution in [0.4, 0.5) is 0 Å². The maximum Gasteiger partial charge on any atom is 0.323 e. The minimum Gasteiger partial charge on any atom is -0.480 e. The molecular weight excluding hydrogens is 504 g/mol. The first kappa shape index (κ1) is 25.7. The number of para-hydroxylation sites is 2. The molecule has 1 aromatic carbocycles. The first-order valence-electron chi connectivity index (χ1n) is 15.2. The summed E-state index contributed by atoms with van der Waals surface area (Å²) in [5.74, 6) is 0.687. The number of pyridine rings is 1. The zero-order valence-corrected chi connectivity index (χ0v) is 23.0. The molecule has 40 heavy (non-hydrogen) atoms. The summed E-state index contributed by atoms with van der Waals surface area (Å²) in [6.07, 6.45) is 15.4. The van der Waals surface area contributed by atoms with Crippen LogP contribution in [0.1, 0.15) is 76.7 Å². The van der Waals surface area contributed by atoms with Crippen LogP contribution in [0, 0.1) is 11.8 Å². The van der Waals surface area contributed by atoms with Gasteiger partial charge >= 0.3 is 5.97 Å². The van der Waals surface area contributed by atoms with Crippen LogP contribution in [-0.2, 0) is 11.3 Å². The Bertz CT molecular complexity index is 1530. The van der Waals surface area contributed by atoms with Gasteiger partial charge in [-0.1, -0.05) is 37.8 Å². The summed E-state index contributed by atoms with van der Waals surface area (Å²) in [5, 5.41) is 9.26. The molecule has 4 heterocycles. The van der Waals surface area contributed by atoms with Crippen molar-refractivity contribution in [2.75, 3.05) is 0 Å². The summed E-state index contributed by atoms with van der Waals surface area (Å²) in [6, 6.07) is 12.5. The smallest absolute Gasteiger partial charge is 0.323 e. The van der Waals surface area contributed by atoms with Gasteiger partial charge in [-0.2, -0.15) is 0 Å². The molecule has 8 nitrogen and oxygen atoms in total. The van der Waals surface area contributed by atoms with Gasteiger partial charge in [0.2, 0.25) is 0 Å². The third kappa shape index (κ3) is 4.60. The minimum atomic E-state index is -1.11. The van der Waals surface area contributed by atoms with Crippen LogP contribution in [-0.4, -0.2) is 48.2 Å². The summed E-state index contributed by atoms with van der Waals surface area (Å²) < 4.78 is 3.10. The number of hydrogen-bond donors (Lipinski definition) is 1. The van der Waals surface area contributed by atoms with Crippen molar-refractivity contribution in [2.45, 2.75) is 101 Å².